The summed E-state index contributed by atoms with van der Waals surface area (Å²) >= 11 is 6.31. The van der Waals surface area contributed by atoms with Gasteiger partial charge in [-0.3, -0.25) is 0 Å². The van der Waals surface area contributed by atoms with Crippen LogP contribution in [0.25, 0.3) is 0 Å². The number of urea groups is 1. The molecule has 2 amide bonds. The van der Waals surface area contributed by atoms with E-state index in [0.717, 1.165) is 28.9 Å². The molecule has 0 fully saturated rings. The Bertz CT molecular complexity index is 1540. The van der Waals surface area contributed by atoms with Gasteiger partial charge in [0, 0.05) is 30.2 Å². The van der Waals surface area contributed by atoms with Gasteiger partial charge >= 0.3 is 18.2 Å². The Morgan fingerprint density at radius 1 is 1.07 bits per heavy atom. The number of rotatable bonds is 6. The Labute approximate surface area is 244 Å². The Hall–Kier alpha value is -4.15. The number of carbonyl (C=O) groups excluding carboxylic acids is 1. The summed E-state index contributed by atoms with van der Waals surface area (Å²) < 4.78 is 57.2. The fourth-order valence-corrected chi connectivity index (χ4v) is 4.27. The lowest BCUT2D eigenvalue weighted by Gasteiger charge is -2.15. The molecule has 6 bridgehead atoms. The average molecular weight is 630 g/mol. The Balaban J connectivity index is 0.000000616. The molecule has 4 rings (SSSR count). The number of sulfonamides is 1. The molecule has 0 atom stereocenters. The maximum Gasteiger partial charge on any atom is 0.490 e. The van der Waals surface area contributed by atoms with Crippen LogP contribution < -0.4 is 26.0 Å². The summed E-state index contributed by atoms with van der Waals surface area (Å²) in [4.78, 5) is 30.1. The minimum absolute atomic E-state index is 0.0105. The quantitative estimate of drug-likeness (QED) is 0.216. The number of amides is 2. The molecule has 226 valence electrons. The molecule has 2 aromatic carbocycles. The maximum atomic E-state index is 12.4. The second kappa shape index (κ2) is 14.2. The van der Waals surface area contributed by atoms with Crippen molar-refractivity contribution >= 4 is 62.5 Å². The highest BCUT2D eigenvalue weighted by Crippen LogP contribution is 2.29. The first-order valence-electron chi connectivity index (χ1n) is 12.4. The molecule has 1 aliphatic rings. The number of hydrogen-bond donors (Lipinski definition) is 6. The van der Waals surface area contributed by atoms with Gasteiger partial charge in [-0.2, -0.15) is 18.2 Å². The average Bonchev–Trinajstić information content (AvgIpc) is 2.93. The molecular formula is C25H27ClF3N7O5S. The van der Waals surface area contributed by atoms with Crippen molar-refractivity contribution in [3.8, 4) is 0 Å². The minimum atomic E-state index is -5.08. The number of carboxylic acids is 1. The highest BCUT2D eigenvalue weighted by atomic mass is 35.5. The van der Waals surface area contributed by atoms with E-state index in [0.29, 0.717) is 28.9 Å². The third-order valence-corrected chi connectivity index (χ3v) is 7.26. The van der Waals surface area contributed by atoms with Gasteiger partial charge < -0.3 is 26.4 Å². The summed E-state index contributed by atoms with van der Waals surface area (Å²) in [6.45, 7) is 1.83. The molecule has 12 nitrogen and oxygen atoms in total. The van der Waals surface area contributed by atoms with E-state index in [1.165, 1.54) is 6.20 Å². The van der Waals surface area contributed by atoms with Crippen molar-refractivity contribution < 1.29 is 36.3 Å². The third kappa shape index (κ3) is 10.0. The monoisotopic (exact) mass is 629 g/mol. The normalized spacial score (nSPS) is 12.5. The molecule has 17 heteroatoms. The maximum absolute atomic E-state index is 12.4. The van der Waals surface area contributed by atoms with E-state index in [1.807, 2.05) is 36.4 Å². The summed E-state index contributed by atoms with van der Waals surface area (Å²) in [5, 5.41) is 19.5. The summed E-state index contributed by atoms with van der Waals surface area (Å²) in [5.74, 6) is -1.89. The third-order valence-electron chi connectivity index (χ3n) is 5.58. The van der Waals surface area contributed by atoms with Crippen molar-refractivity contribution in [2.45, 2.75) is 25.9 Å². The van der Waals surface area contributed by atoms with E-state index in [9.17, 15) is 26.4 Å². The smallest absolute Gasteiger partial charge is 0.475 e. The number of hydrogen-bond acceptors (Lipinski definition) is 8. The van der Waals surface area contributed by atoms with Gasteiger partial charge in [0.05, 0.1) is 11.9 Å². The molecule has 42 heavy (non-hydrogen) atoms. The zero-order chi connectivity index (χ0) is 30.9. The van der Waals surface area contributed by atoms with E-state index in [-0.39, 0.29) is 18.8 Å². The molecule has 2 heterocycles. The fourth-order valence-electron chi connectivity index (χ4n) is 3.52. The number of carboxylic acid groups (broad SMARTS) is 1. The van der Waals surface area contributed by atoms with E-state index >= 15 is 0 Å². The van der Waals surface area contributed by atoms with Crippen LogP contribution in [0.1, 0.15) is 18.1 Å². The van der Waals surface area contributed by atoms with Gasteiger partial charge in [0.1, 0.15) is 5.02 Å². The van der Waals surface area contributed by atoms with E-state index < -0.39 is 28.2 Å². The van der Waals surface area contributed by atoms with Crippen LogP contribution in [0.4, 0.5) is 46.8 Å². The van der Waals surface area contributed by atoms with Crippen LogP contribution in [0.2, 0.25) is 5.02 Å². The lowest BCUT2D eigenvalue weighted by Crippen LogP contribution is -2.37. The van der Waals surface area contributed by atoms with Gasteiger partial charge in [0.15, 0.2) is 5.82 Å². The van der Waals surface area contributed by atoms with Crippen molar-refractivity contribution in [3.05, 3.63) is 64.8 Å². The highest BCUT2D eigenvalue weighted by molar-refractivity contribution is 7.89. The minimum Gasteiger partial charge on any atom is -0.475 e. The summed E-state index contributed by atoms with van der Waals surface area (Å²) in [6, 6.07) is 13.1. The Morgan fingerprint density at radius 2 is 1.79 bits per heavy atom. The van der Waals surface area contributed by atoms with Crippen LogP contribution >= 0.6 is 11.6 Å². The summed E-state index contributed by atoms with van der Waals surface area (Å²) in [6.07, 6.45) is -2.14. The first-order chi connectivity index (χ1) is 19.8. The molecule has 0 spiro atoms. The number of alkyl halides is 3. The molecule has 0 saturated heterocycles. The number of halogens is 4. The van der Waals surface area contributed by atoms with Gasteiger partial charge in [-0.25, -0.2) is 27.7 Å². The summed E-state index contributed by atoms with van der Waals surface area (Å²) in [5.41, 5.74) is 4.30. The predicted molar refractivity (Wildman–Crippen MR) is 152 cm³/mol. The second-order valence-electron chi connectivity index (χ2n) is 8.69. The number of aliphatic carboxylic acids is 1. The number of fused-ring (bicyclic) bond motifs is 6. The number of nitrogens with one attached hydrogen (secondary N) is 5. The lowest BCUT2D eigenvalue weighted by atomic mass is 10.0. The second-order valence-corrected chi connectivity index (χ2v) is 11.2. The fraction of sp³-hybridized carbons (Fsp3) is 0.280. The number of aryl methyl sites for hydroxylation is 2. The largest absolute Gasteiger partial charge is 0.490 e. The predicted octanol–water partition coefficient (Wildman–Crippen LogP) is 4.41. The van der Waals surface area contributed by atoms with Crippen molar-refractivity contribution in [2.24, 2.45) is 0 Å². The number of aromatic nitrogens is 2. The molecule has 1 aliphatic heterocycles. The van der Waals surface area contributed by atoms with Crippen LogP contribution in [0.5, 0.6) is 0 Å². The number of benzene rings is 2. The van der Waals surface area contributed by atoms with E-state index in [4.69, 9.17) is 21.5 Å². The van der Waals surface area contributed by atoms with Crippen molar-refractivity contribution in [1.82, 2.24) is 20.0 Å². The van der Waals surface area contributed by atoms with Crippen molar-refractivity contribution in [1.29, 1.82) is 0 Å². The topological polar surface area (TPSA) is 174 Å². The van der Waals surface area contributed by atoms with Gasteiger partial charge in [-0.05, 0) is 61.2 Å². The lowest BCUT2D eigenvalue weighted by molar-refractivity contribution is -0.192. The van der Waals surface area contributed by atoms with Crippen LogP contribution in [-0.4, -0.2) is 60.5 Å². The zero-order valence-electron chi connectivity index (χ0n) is 22.0. The molecule has 0 unspecified atom stereocenters. The molecule has 1 aromatic heterocycles. The molecule has 0 saturated carbocycles. The van der Waals surface area contributed by atoms with Gasteiger partial charge in [0.2, 0.25) is 16.0 Å². The number of anilines is 5. The van der Waals surface area contributed by atoms with E-state index in [2.05, 4.69) is 36.0 Å². The number of nitrogens with zero attached hydrogens (tertiary/aromatic N) is 2. The number of carbonyl (C=O) groups is 2. The SMILES string of the molecule is CCS(=O)(=O)NCCNC(=O)Nc1ccc2cc1CCc1cccc(c1)Nc1ncc(Cl)c(n1)N2.O=C(O)C(F)(F)F. The van der Waals surface area contributed by atoms with E-state index in [1.54, 1.807) is 13.0 Å². The van der Waals surface area contributed by atoms with Gasteiger partial charge in [-0.15, -0.1) is 0 Å². The molecule has 0 radical (unpaired) electrons. The van der Waals surface area contributed by atoms with Crippen LogP contribution in [0, 0.1) is 0 Å². The molecular weight excluding hydrogens is 603 g/mol. The first kappa shape index (κ1) is 32.4. The molecule has 3 aromatic rings. The first-order valence-corrected chi connectivity index (χ1v) is 14.4. The van der Waals surface area contributed by atoms with Crippen LogP contribution in [0.15, 0.2) is 48.7 Å². The van der Waals surface area contributed by atoms with Crippen LogP contribution in [-0.2, 0) is 27.7 Å². The molecule has 6 N–H and O–H groups in total. The molecule has 0 aliphatic carbocycles. The van der Waals surface area contributed by atoms with Crippen molar-refractivity contribution in [2.75, 3.05) is 34.8 Å². The van der Waals surface area contributed by atoms with Gasteiger partial charge in [-0.1, -0.05) is 23.7 Å². The van der Waals surface area contributed by atoms with Crippen molar-refractivity contribution in [3.63, 3.8) is 0 Å². The zero-order valence-corrected chi connectivity index (χ0v) is 23.6. The Kier molecular flexibility index (Phi) is 10.9. The van der Waals surface area contributed by atoms with Gasteiger partial charge in [0.25, 0.3) is 0 Å². The highest BCUT2D eigenvalue weighted by Gasteiger charge is 2.38. The standard InChI is InChI=1S/C23H26ClN7O3S.C2HF3O2/c1-2-35(33,34)27-11-10-25-23(32)30-20-9-8-18-13-16(20)7-6-15-4-3-5-17(12-15)29-22-26-14-19(24)21(28-18)31-22;3-2(4,5)1(6)7/h3-5,8-9,12-14,27H,2,6-7,10-11H2,1H3,(H2,25,30,32)(H2,26,28,29,31);(H,6,7). The van der Waals surface area contributed by atoms with Crippen LogP contribution in [0.3, 0.4) is 0 Å². The Morgan fingerprint density at radius 3 is 2.48 bits per heavy atom. The summed E-state index contributed by atoms with van der Waals surface area (Å²) in [7, 11) is -3.30.